The second-order valence-electron chi connectivity index (χ2n) is 6.20. The minimum atomic E-state index is 0.482. The highest BCUT2D eigenvalue weighted by molar-refractivity contribution is 6.30. The number of hydrogen-bond donors (Lipinski definition) is 1. The largest absolute Gasteiger partial charge is 0.383 e. The first kappa shape index (κ1) is 15.3. The van der Waals surface area contributed by atoms with Crippen LogP contribution in [0.5, 0.6) is 0 Å². The fourth-order valence-electron chi connectivity index (χ4n) is 3.36. The van der Waals surface area contributed by atoms with Crippen molar-refractivity contribution in [1.29, 1.82) is 0 Å². The molecule has 4 heteroatoms. The third kappa shape index (κ3) is 3.58. The zero-order valence-corrected chi connectivity index (χ0v) is 13.7. The highest BCUT2D eigenvalue weighted by Crippen LogP contribution is 2.36. The summed E-state index contributed by atoms with van der Waals surface area (Å²) in [6.07, 6.45) is 6.92. The molecule has 22 heavy (non-hydrogen) atoms. The Hall–Kier alpha value is -1.61. The zero-order valence-electron chi connectivity index (χ0n) is 12.9. The maximum Gasteiger partial charge on any atom is 0.156 e. The lowest BCUT2D eigenvalue weighted by Gasteiger charge is -2.30. The average Bonchev–Trinajstić information content (AvgIpc) is 2.57. The van der Waals surface area contributed by atoms with Gasteiger partial charge in [0.1, 0.15) is 0 Å². The SMILES string of the molecule is Cc1c(NC[C@H]2CCC[C@@H](c3ccccc3)C2)cnnc1Cl. The van der Waals surface area contributed by atoms with Crippen LogP contribution in [0.1, 0.15) is 42.7 Å². The Bertz CT molecular complexity index is 615. The predicted octanol–water partition coefficient (Wildman–Crippen LogP) is 4.82. The zero-order chi connectivity index (χ0) is 15.4. The van der Waals surface area contributed by atoms with Gasteiger partial charge < -0.3 is 5.32 Å². The molecular formula is C18H22ClN3. The molecule has 1 saturated carbocycles. The van der Waals surface area contributed by atoms with Gasteiger partial charge in [0.15, 0.2) is 5.15 Å². The van der Waals surface area contributed by atoms with E-state index in [1.54, 1.807) is 6.20 Å². The van der Waals surface area contributed by atoms with E-state index >= 15 is 0 Å². The van der Waals surface area contributed by atoms with Crippen LogP contribution < -0.4 is 5.32 Å². The molecule has 1 aliphatic rings. The first-order valence-corrected chi connectivity index (χ1v) is 8.38. The van der Waals surface area contributed by atoms with Gasteiger partial charge in [0.2, 0.25) is 0 Å². The van der Waals surface area contributed by atoms with E-state index in [1.807, 2.05) is 6.92 Å². The van der Waals surface area contributed by atoms with E-state index < -0.39 is 0 Å². The summed E-state index contributed by atoms with van der Waals surface area (Å²) in [6.45, 7) is 2.96. The summed E-state index contributed by atoms with van der Waals surface area (Å²) in [5.41, 5.74) is 3.46. The highest BCUT2D eigenvalue weighted by Gasteiger charge is 2.23. The molecule has 1 heterocycles. The van der Waals surface area contributed by atoms with Gasteiger partial charge in [-0.25, -0.2) is 0 Å². The molecule has 0 bridgehead atoms. The summed E-state index contributed by atoms with van der Waals surface area (Å²) >= 11 is 6.02. The topological polar surface area (TPSA) is 37.8 Å². The van der Waals surface area contributed by atoms with Gasteiger partial charge in [-0.1, -0.05) is 48.4 Å². The van der Waals surface area contributed by atoms with Crippen molar-refractivity contribution in [2.75, 3.05) is 11.9 Å². The van der Waals surface area contributed by atoms with Crippen LogP contribution in [-0.4, -0.2) is 16.7 Å². The van der Waals surface area contributed by atoms with E-state index in [9.17, 15) is 0 Å². The van der Waals surface area contributed by atoms with Crippen molar-refractivity contribution in [3.8, 4) is 0 Å². The number of benzene rings is 1. The van der Waals surface area contributed by atoms with Gasteiger partial charge in [0.05, 0.1) is 11.9 Å². The molecule has 3 rings (SSSR count). The summed E-state index contributed by atoms with van der Waals surface area (Å²) in [5.74, 6) is 1.40. The highest BCUT2D eigenvalue weighted by atomic mass is 35.5. The third-order valence-corrected chi connectivity index (χ3v) is 5.04. The summed E-state index contributed by atoms with van der Waals surface area (Å²) in [5, 5.41) is 11.8. The quantitative estimate of drug-likeness (QED) is 0.878. The van der Waals surface area contributed by atoms with Crippen LogP contribution in [0.25, 0.3) is 0 Å². The van der Waals surface area contributed by atoms with Crippen LogP contribution in [0.2, 0.25) is 5.15 Å². The van der Waals surface area contributed by atoms with Crippen LogP contribution in [0, 0.1) is 12.8 Å². The molecule has 0 aliphatic heterocycles. The van der Waals surface area contributed by atoms with E-state index in [0.717, 1.165) is 17.8 Å². The molecule has 2 atom stereocenters. The molecule has 0 saturated heterocycles. The first-order chi connectivity index (χ1) is 10.7. The summed E-state index contributed by atoms with van der Waals surface area (Å²) in [4.78, 5) is 0. The van der Waals surface area contributed by atoms with Crippen LogP contribution in [0.3, 0.4) is 0 Å². The fourth-order valence-corrected chi connectivity index (χ4v) is 3.50. The minimum Gasteiger partial charge on any atom is -0.383 e. The molecule has 0 radical (unpaired) electrons. The Kier molecular flexibility index (Phi) is 4.94. The number of halogens is 1. The lowest BCUT2D eigenvalue weighted by atomic mass is 9.78. The van der Waals surface area contributed by atoms with Gasteiger partial charge in [0, 0.05) is 12.1 Å². The third-order valence-electron chi connectivity index (χ3n) is 4.68. The molecule has 1 N–H and O–H groups in total. The van der Waals surface area contributed by atoms with Gasteiger partial charge in [-0.2, -0.15) is 5.10 Å². The number of anilines is 1. The smallest absolute Gasteiger partial charge is 0.156 e. The van der Waals surface area contributed by atoms with Crippen LogP contribution >= 0.6 is 11.6 Å². The molecule has 1 aromatic carbocycles. The number of nitrogens with zero attached hydrogens (tertiary/aromatic N) is 2. The summed E-state index contributed by atoms with van der Waals surface area (Å²) in [6, 6.07) is 10.9. The Morgan fingerprint density at radius 1 is 1.23 bits per heavy atom. The molecule has 116 valence electrons. The molecule has 0 amide bonds. The van der Waals surface area contributed by atoms with Crippen LogP contribution in [-0.2, 0) is 0 Å². The average molecular weight is 316 g/mol. The van der Waals surface area contributed by atoms with Crippen molar-refractivity contribution in [3.63, 3.8) is 0 Å². The van der Waals surface area contributed by atoms with Gasteiger partial charge in [-0.15, -0.1) is 5.10 Å². The molecule has 3 nitrogen and oxygen atoms in total. The molecular weight excluding hydrogens is 294 g/mol. The Balaban J connectivity index is 1.60. The lowest BCUT2D eigenvalue weighted by molar-refractivity contribution is 0.334. The number of nitrogens with one attached hydrogen (secondary N) is 1. The number of hydrogen-bond acceptors (Lipinski definition) is 3. The maximum atomic E-state index is 6.02. The van der Waals surface area contributed by atoms with E-state index in [4.69, 9.17) is 11.6 Å². The molecule has 1 aliphatic carbocycles. The standard InChI is InChI=1S/C18H22ClN3/c1-13-17(12-21-22-18(13)19)20-11-14-6-5-9-16(10-14)15-7-3-2-4-8-15/h2-4,7-8,12,14,16H,5-6,9-11H2,1H3,(H,20,22)/t14-,16+/m0/s1. The van der Waals surface area contributed by atoms with E-state index in [1.165, 1.54) is 31.2 Å². The van der Waals surface area contributed by atoms with Crippen molar-refractivity contribution < 1.29 is 0 Å². The Labute approximate surface area is 137 Å². The van der Waals surface area contributed by atoms with E-state index in [0.29, 0.717) is 17.0 Å². The minimum absolute atomic E-state index is 0.482. The van der Waals surface area contributed by atoms with Crippen molar-refractivity contribution in [2.24, 2.45) is 5.92 Å². The lowest BCUT2D eigenvalue weighted by Crippen LogP contribution is -2.21. The summed E-state index contributed by atoms with van der Waals surface area (Å²) < 4.78 is 0. The van der Waals surface area contributed by atoms with Crippen molar-refractivity contribution >= 4 is 17.3 Å². The van der Waals surface area contributed by atoms with Crippen molar-refractivity contribution in [1.82, 2.24) is 10.2 Å². The van der Waals surface area contributed by atoms with Gasteiger partial charge in [0.25, 0.3) is 0 Å². The monoisotopic (exact) mass is 315 g/mol. The van der Waals surface area contributed by atoms with Crippen molar-refractivity contribution in [3.05, 3.63) is 52.8 Å². The van der Waals surface area contributed by atoms with Crippen LogP contribution in [0.4, 0.5) is 5.69 Å². The van der Waals surface area contributed by atoms with Gasteiger partial charge in [-0.05, 0) is 43.6 Å². The normalized spacial score (nSPS) is 21.5. The first-order valence-electron chi connectivity index (χ1n) is 8.00. The number of rotatable bonds is 4. The van der Waals surface area contributed by atoms with Crippen LogP contribution in [0.15, 0.2) is 36.5 Å². The Morgan fingerprint density at radius 2 is 2.05 bits per heavy atom. The predicted molar refractivity (Wildman–Crippen MR) is 91.4 cm³/mol. The van der Waals surface area contributed by atoms with E-state index in [2.05, 4.69) is 45.8 Å². The molecule has 1 aromatic heterocycles. The molecule has 0 unspecified atom stereocenters. The second kappa shape index (κ2) is 7.10. The van der Waals surface area contributed by atoms with Crippen molar-refractivity contribution in [2.45, 2.75) is 38.5 Å². The summed E-state index contributed by atoms with van der Waals surface area (Å²) in [7, 11) is 0. The van der Waals surface area contributed by atoms with Gasteiger partial charge >= 0.3 is 0 Å². The maximum absolute atomic E-state index is 6.02. The Morgan fingerprint density at radius 3 is 2.86 bits per heavy atom. The molecule has 1 fully saturated rings. The molecule has 2 aromatic rings. The fraction of sp³-hybridized carbons (Fsp3) is 0.444. The molecule has 0 spiro atoms. The number of aromatic nitrogens is 2. The second-order valence-corrected chi connectivity index (χ2v) is 6.55. The van der Waals surface area contributed by atoms with E-state index in [-0.39, 0.29) is 0 Å². The van der Waals surface area contributed by atoms with Gasteiger partial charge in [-0.3, -0.25) is 0 Å².